The minimum atomic E-state index is -0.958. The number of hydrogen-bond acceptors (Lipinski definition) is 3. The van der Waals surface area contributed by atoms with Gasteiger partial charge in [-0.15, -0.1) is 0 Å². The highest BCUT2D eigenvalue weighted by Gasteiger charge is 2.31. The van der Waals surface area contributed by atoms with Crippen molar-refractivity contribution in [2.24, 2.45) is 0 Å². The van der Waals surface area contributed by atoms with Crippen LogP contribution < -0.4 is 5.32 Å². The van der Waals surface area contributed by atoms with Gasteiger partial charge in [0.25, 0.3) is 5.91 Å². The van der Waals surface area contributed by atoms with E-state index >= 15 is 0 Å². The third-order valence-corrected chi connectivity index (χ3v) is 5.71. The van der Waals surface area contributed by atoms with E-state index in [0.29, 0.717) is 22.2 Å². The molecule has 1 aromatic carbocycles. The second-order valence-corrected chi connectivity index (χ2v) is 7.76. The Bertz CT molecular complexity index is 1020. The number of amides is 1. The largest absolute Gasteiger partial charge is 0.359 e. The van der Waals surface area contributed by atoms with E-state index in [-0.39, 0.29) is 11.3 Å². The first-order valence-electron chi connectivity index (χ1n) is 9.28. The summed E-state index contributed by atoms with van der Waals surface area (Å²) in [7, 11) is 2.12. The molecule has 1 saturated heterocycles. The molecule has 7 heteroatoms. The van der Waals surface area contributed by atoms with Gasteiger partial charge in [-0.1, -0.05) is 6.92 Å². The number of nitrogens with one attached hydrogen (secondary N) is 2. The van der Waals surface area contributed by atoms with Crippen LogP contribution in [0.3, 0.4) is 0 Å². The van der Waals surface area contributed by atoms with E-state index < -0.39 is 11.6 Å². The van der Waals surface area contributed by atoms with Crippen molar-refractivity contribution in [2.75, 3.05) is 25.5 Å². The molecular formula is C21H22F2N4O. The summed E-state index contributed by atoms with van der Waals surface area (Å²) >= 11 is 0. The van der Waals surface area contributed by atoms with E-state index in [0.717, 1.165) is 43.8 Å². The van der Waals surface area contributed by atoms with Crippen LogP contribution in [-0.2, 0) is 5.41 Å². The normalized spacial score (nSPS) is 17.0. The lowest BCUT2D eigenvalue weighted by molar-refractivity contribution is 0.102. The number of aromatic amines is 1. The molecule has 4 rings (SSSR count). The van der Waals surface area contributed by atoms with Crippen LogP contribution in [0.1, 0.15) is 35.8 Å². The first-order chi connectivity index (χ1) is 13.4. The highest BCUT2D eigenvalue weighted by Crippen LogP contribution is 2.33. The van der Waals surface area contributed by atoms with Crippen LogP contribution in [0.4, 0.5) is 14.5 Å². The molecule has 1 aliphatic rings. The van der Waals surface area contributed by atoms with E-state index in [2.05, 4.69) is 34.2 Å². The smallest absolute Gasteiger partial charge is 0.257 e. The van der Waals surface area contributed by atoms with Crippen LogP contribution in [-0.4, -0.2) is 40.9 Å². The lowest BCUT2D eigenvalue weighted by Crippen LogP contribution is -2.39. The Hall–Kier alpha value is -2.80. The molecular weight excluding hydrogens is 362 g/mol. The molecule has 0 radical (unpaired) electrons. The molecule has 0 aliphatic carbocycles. The number of benzene rings is 1. The first-order valence-corrected chi connectivity index (χ1v) is 9.28. The Kier molecular flexibility index (Phi) is 4.63. The van der Waals surface area contributed by atoms with E-state index in [4.69, 9.17) is 0 Å². The lowest BCUT2D eigenvalue weighted by atomic mass is 9.77. The fraction of sp³-hybridized carbons (Fsp3) is 0.333. The van der Waals surface area contributed by atoms with Gasteiger partial charge in [-0.2, -0.15) is 0 Å². The Morgan fingerprint density at radius 3 is 2.61 bits per heavy atom. The van der Waals surface area contributed by atoms with Gasteiger partial charge in [0, 0.05) is 35.0 Å². The van der Waals surface area contributed by atoms with E-state index in [9.17, 15) is 13.6 Å². The number of piperidine rings is 1. The molecule has 2 N–H and O–H groups in total. The van der Waals surface area contributed by atoms with Gasteiger partial charge >= 0.3 is 0 Å². The second-order valence-electron chi connectivity index (χ2n) is 7.76. The van der Waals surface area contributed by atoms with Gasteiger partial charge in [-0.05, 0) is 51.2 Å². The molecule has 5 nitrogen and oxygen atoms in total. The third-order valence-electron chi connectivity index (χ3n) is 5.71. The van der Waals surface area contributed by atoms with Gasteiger partial charge in [0.05, 0.1) is 16.8 Å². The summed E-state index contributed by atoms with van der Waals surface area (Å²) in [6.45, 7) is 4.26. The molecule has 2 aromatic heterocycles. The Balaban J connectivity index is 1.52. The van der Waals surface area contributed by atoms with Crippen molar-refractivity contribution in [3.63, 3.8) is 0 Å². The zero-order valence-electron chi connectivity index (χ0n) is 15.9. The van der Waals surface area contributed by atoms with Gasteiger partial charge in [0.15, 0.2) is 11.6 Å². The molecule has 0 saturated carbocycles. The molecule has 1 aliphatic heterocycles. The van der Waals surface area contributed by atoms with Gasteiger partial charge < -0.3 is 15.2 Å². The summed E-state index contributed by atoms with van der Waals surface area (Å²) in [4.78, 5) is 22.3. The van der Waals surface area contributed by atoms with Crippen molar-refractivity contribution in [3.8, 4) is 0 Å². The van der Waals surface area contributed by atoms with Crippen molar-refractivity contribution in [3.05, 3.63) is 59.6 Å². The summed E-state index contributed by atoms with van der Waals surface area (Å²) in [6.07, 6.45) is 5.14. The van der Waals surface area contributed by atoms with Gasteiger partial charge in [0.1, 0.15) is 0 Å². The summed E-state index contributed by atoms with van der Waals surface area (Å²) in [6, 6.07) is 5.80. The maximum atomic E-state index is 13.5. The summed E-state index contributed by atoms with van der Waals surface area (Å²) in [5, 5.41) is 3.15. The average Bonchev–Trinajstić information content (AvgIpc) is 3.06. The number of rotatable bonds is 3. The molecule has 146 valence electrons. The van der Waals surface area contributed by atoms with E-state index in [1.54, 1.807) is 12.3 Å². The quantitative estimate of drug-likeness (QED) is 0.715. The summed E-state index contributed by atoms with van der Waals surface area (Å²) in [5.74, 6) is -2.24. The van der Waals surface area contributed by atoms with Crippen LogP contribution in [0.2, 0.25) is 0 Å². The van der Waals surface area contributed by atoms with Gasteiger partial charge in [0.2, 0.25) is 0 Å². The van der Waals surface area contributed by atoms with Crippen molar-refractivity contribution in [1.82, 2.24) is 14.9 Å². The Labute approximate surface area is 161 Å². The van der Waals surface area contributed by atoms with Crippen molar-refractivity contribution < 1.29 is 13.6 Å². The SMILES string of the molecule is CN1CCC(C)(c2ccc(C(=O)Nc3c[nH]c4cc(F)c(F)cc34)cn2)CC1. The standard InChI is InChI=1S/C21H22F2N4O/c1-21(5-7-27(2)8-6-21)19-4-3-13(11-25-19)20(28)26-18-12-24-17-10-16(23)15(22)9-14(17)18/h3-4,9-12,24H,5-8H2,1-2H3,(H,26,28). The van der Waals surface area contributed by atoms with Crippen LogP contribution in [0, 0.1) is 11.6 Å². The highest BCUT2D eigenvalue weighted by molar-refractivity contribution is 6.08. The van der Waals surface area contributed by atoms with Gasteiger partial charge in [-0.3, -0.25) is 9.78 Å². The molecule has 0 spiro atoms. The number of carbonyl (C=O) groups excluding carboxylic acids is 1. The molecule has 0 atom stereocenters. The predicted octanol–water partition coefficient (Wildman–Crippen LogP) is 4.08. The number of hydrogen-bond donors (Lipinski definition) is 2. The third kappa shape index (κ3) is 3.38. The summed E-state index contributed by atoms with van der Waals surface area (Å²) in [5.41, 5.74) is 2.22. The minimum Gasteiger partial charge on any atom is -0.359 e. The van der Waals surface area contributed by atoms with Crippen molar-refractivity contribution in [2.45, 2.75) is 25.2 Å². The Morgan fingerprint density at radius 2 is 1.93 bits per heavy atom. The molecule has 1 amide bonds. The number of carbonyl (C=O) groups is 1. The Morgan fingerprint density at radius 1 is 1.21 bits per heavy atom. The number of anilines is 1. The number of fused-ring (bicyclic) bond motifs is 1. The second kappa shape index (κ2) is 6.98. The number of pyridine rings is 1. The number of aromatic nitrogens is 2. The molecule has 3 aromatic rings. The van der Waals surface area contributed by atoms with E-state index in [1.807, 2.05) is 6.07 Å². The van der Waals surface area contributed by atoms with Crippen LogP contribution in [0.5, 0.6) is 0 Å². The molecule has 3 heterocycles. The maximum Gasteiger partial charge on any atom is 0.257 e. The highest BCUT2D eigenvalue weighted by atomic mass is 19.2. The summed E-state index contributed by atoms with van der Waals surface area (Å²) < 4.78 is 26.9. The lowest BCUT2D eigenvalue weighted by Gasteiger charge is -2.37. The minimum absolute atomic E-state index is 0.0138. The predicted molar refractivity (Wildman–Crippen MR) is 104 cm³/mol. The fourth-order valence-corrected chi connectivity index (χ4v) is 3.67. The number of likely N-dealkylation sites (tertiary alicyclic amines) is 1. The first kappa shape index (κ1) is 18.6. The molecule has 28 heavy (non-hydrogen) atoms. The molecule has 1 fully saturated rings. The zero-order valence-corrected chi connectivity index (χ0v) is 15.9. The fourth-order valence-electron chi connectivity index (χ4n) is 3.67. The molecule has 0 unspecified atom stereocenters. The number of nitrogens with zero attached hydrogens (tertiary/aromatic N) is 2. The molecule has 0 bridgehead atoms. The van der Waals surface area contributed by atoms with Crippen LogP contribution in [0.25, 0.3) is 10.9 Å². The monoisotopic (exact) mass is 384 g/mol. The van der Waals surface area contributed by atoms with Crippen molar-refractivity contribution >= 4 is 22.5 Å². The average molecular weight is 384 g/mol. The van der Waals surface area contributed by atoms with E-state index in [1.165, 1.54) is 6.20 Å². The van der Waals surface area contributed by atoms with Crippen LogP contribution in [0.15, 0.2) is 36.7 Å². The topological polar surface area (TPSA) is 61.0 Å². The van der Waals surface area contributed by atoms with Gasteiger partial charge in [-0.25, -0.2) is 8.78 Å². The maximum absolute atomic E-state index is 13.5. The number of H-pyrrole nitrogens is 1. The van der Waals surface area contributed by atoms with Crippen molar-refractivity contribution in [1.29, 1.82) is 0 Å². The number of halogens is 2. The van der Waals surface area contributed by atoms with Crippen LogP contribution >= 0.6 is 0 Å². The zero-order chi connectivity index (χ0) is 19.9.